The number of anilines is 1. The Morgan fingerprint density at radius 2 is 1.66 bits per heavy atom. The molecule has 5 rings (SSSR count). The molecule has 170 valence electrons. The van der Waals surface area contributed by atoms with Crippen LogP contribution in [-0.4, -0.2) is 35.7 Å². The van der Waals surface area contributed by atoms with E-state index in [1.807, 2.05) is 6.07 Å². The summed E-state index contributed by atoms with van der Waals surface area (Å²) < 4.78 is 0. The molecule has 2 atom stereocenters. The van der Waals surface area contributed by atoms with Crippen molar-refractivity contribution in [2.24, 2.45) is 17.8 Å². The molecule has 3 fully saturated rings. The molecule has 2 aromatic carbocycles. The Morgan fingerprint density at radius 1 is 0.969 bits per heavy atom. The smallest absolute Gasteiger partial charge is 0.411 e. The molecule has 1 amide bonds. The minimum Gasteiger partial charge on any atom is -0.465 e. The first-order chi connectivity index (χ1) is 15.6. The molecule has 2 unspecified atom stereocenters. The molecule has 1 N–H and O–H groups in total. The Hall–Kier alpha value is -2.33. The van der Waals surface area contributed by atoms with Crippen LogP contribution in [0.15, 0.2) is 48.5 Å². The summed E-state index contributed by atoms with van der Waals surface area (Å²) >= 11 is 0. The molecule has 2 saturated carbocycles. The third-order valence-corrected chi connectivity index (χ3v) is 8.30. The summed E-state index contributed by atoms with van der Waals surface area (Å²) in [7, 11) is 0. The second kappa shape index (κ2) is 9.27. The van der Waals surface area contributed by atoms with E-state index in [9.17, 15) is 9.90 Å². The fourth-order valence-electron chi connectivity index (χ4n) is 6.82. The minimum absolute atomic E-state index is 0.506. The highest BCUT2D eigenvalue weighted by atomic mass is 16.4. The van der Waals surface area contributed by atoms with Gasteiger partial charge in [0.15, 0.2) is 0 Å². The van der Waals surface area contributed by atoms with Crippen LogP contribution in [0.25, 0.3) is 0 Å². The zero-order valence-corrected chi connectivity index (χ0v) is 19.2. The quantitative estimate of drug-likeness (QED) is 0.583. The molecule has 4 heteroatoms. The number of benzene rings is 2. The maximum Gasteiger partial charge on any atom is 0.411 e. The largest absolute Gasteiger partial charge is 0.465 e. The lowest BCUT2D eigenvalue weighted by Crippen LogP contribution is -2.40. The number of carbonyl (C=O) groups is 1. The van der Waals surface area contributed by atoms with Gasteiger partial charge in [0.1, 0.15) is 0 Å². The summed E-state index contributed by atoms with van der Waals surface area (Å²) in [5, 5.41) is 10.0. The highest BCUT2D eigenvalue weighted by Gasteiger charge is 2.43. The van der Waals surface area contributed by atoms with E-state index in [1.165, 1.54) is 42.4 Å². The normalized spacial score (nSPS) is 25.8. The van der Waals surface area contributed by atoms with Gasteiger partial charge in [-0.25, -0.2) is 4.79 Å². The Bertz CT molecular complexity index is 924. The van der Waals surface area contributed by atoms with E-state index in [2.05, 4.69) is 54.3 Å². The molecule has 0 spiro atoms. The van der Waals surface area contributed by atoms with Crippen molar-refractivity contribution in [2.45, 2.75) is 57.9 Å². The van der Waals surface area contributed by atoms with Gasteiger partial charge in [-0.1, -0.05) is 55.3 Å². The number of likely N-dealkylation sites (tertiary alicyclic amines) is 1. The van der Waals surface area contributed by atoms with Crippen LogP contribution in [0.4, 0.5) is 10.5 Å². The minimum atomic E-state index is -0.808. The van der Waals surface area contributed by atoms with Crippen molar-refractivity contribution in [3.05, 3.63) is 65.2 Å². The summed E-state index contributed by atoms with van der Waals surface area (Å²) in [6.07, 6.45) is 6.56. The fourth-order valence-corrected chi connectivity index (χ4v) is 6.82. The van der Waals surface area contributed by atoms with Crippen molar-refractivity contribution < 1.29 is 9.90 Å². The van der Waals surface area contributed by atoms with Gasteiger partial charge in [0.25, 0.3) is 0 Å². The number of hydrogen-bond donors (Lipinski definition) is 1. The number of amides is 1. The Labute approximate surface area is 192 Å². The Kier molecular flexibility index (Phi) is 6.23. The van der Waals surface area contributed by atoms with Crippen molar-refractivity contribution in [3.8, 4) is 0 Å². The molecule has 1 aliphatic heterocycles. The topological polar surface area (TPSA) is 43.8 Å². The van der Waals surface area contributed by atoms with Crippen LogP contribution in [0, 0.1) is 24.7 Å². The first kappa shape index (κ1) is 21.5. The first-order valence-electron chi connectivity index (χ1n) is 12.5. The van der Waals surface area contributed by atoms with Gasteiger partial charge in [-0.05, 0) is 79.0 Å². The lowest BCUT2D eigenvalue weighted by molar-refractivity contribution is 0.138. The molecule has 0 aromatic heterocycles. The van der Waals surface area contributed by atoms with Gasteiger partial charge < -0.3 is 5.11 Å². The zero-order valence-electron chi connectivity index (χ0n) is 19.2. The molecule has 2 aromatic rings. The molecule has 3 aliphatic rings. The SMILES string of the molecule is Cc1c(C2C3CCC2CN(Cc2ccccc2)C3)cccc1N(CC1CCCC1)C(=O)O. The lowest BCUT2D eigenvalue weighted by Gasteiger charge is -2.39. The molecule has 32 heavy (non-hydrogen) atoms. The highest BCUT2D eigenvalue weighted by molar-refractivity contribution is 5.87. The third kappa shape index (κ3) is 4.30. The fraction of sp³-hybridized carbons (Fsp3) is 0.536. The molecule has 0 radical (unpaired) electrons. The van der Waals surface area contributed by atoms with E-state index >= 15 is 0 Å². The van der Waals surface area contributed by atoms with Gasteiger partial charge in [-0.2, -0.15) is 0 Å². The van der Waals surface area contributed by atoms with Crippen LogP contribution < -0.4 is 4.90 Å². The average molecular weight is 433 g/mol. The number of piperidine rings is 1. The zero-order chi connectivity index (χ0) is 22.1. The Balaban J connectivity index is 1.36. The van der Waals surface area contributed by atoms with E-state index in [1.54, 1.807) is 4.90 Å². The summed E-state index contributed by atoms with van der Waals surface area (Å²) in [6, 6.07) is 17.2. The number of hydrogen-bond acceptors (Lipinski definition) is 2. The van der Waals surface area contributed by atoms with Gasteiger partial charge in [-0.15, -0.1) is 0 Å². The van der Waals surface area contributed by atoms with Crippen LogP contribution in [0.5, 0.6) is 0 Å². The number of fused-ring (bicyclic) bond motifs is 2. The van der Waals surface area contributed by atoms with E-state index in [4.69, 9.17) is 0 Å². The average Bonchev–Trinajstić information content (AvgIpc) is 3.39. The second-order valence-corrected chi connectivity index (χ2v) is 10.3. The molecule has 2 aliphatic carbocycles. The van der Waals surface area contributed by atoms with Crippen molar-refractivity contribution in [1.29, 1.82) is 0 Å². The number of rotatable bonds is 6. The standard InChI is InChI=1S/C28H36N2O2/c1-20-25(12-7-13-26(20)30(28(31)32)17-22-10-5-6-11-22)27-23-14-15-24(27)19-29(18-23)16-21-8-3-2-4-9-21/h2-4,7-9,12-13,22-24,27H,5-6,10-11,14-19H2,1H3,(H,31,32). The summed E-state index contributed by atoms with van der Waals surface area (Å²) in [4.78, 5) is 16.5. The molecule has 1 saturated heterocycles. The van der Waals surface area contributed by atoms with Crippen LogP contribution in [-0.2, 0) is 6.54 Å². The molecular weight excluding hydrogens is 396 g/mol. The maximum atomic E-state index is 12.2. The van der Waals surface area contributed by atoms with Gasteiger partial charge >= 0.3 is 6.09 Å². The summed E-state index contributed by atoms with van der Waals surface area (Å²) in [5.41, 5.74) is 4.89. The highest BCUT2D eigenvalue weighted by Crippen LogP contribution is 2.50. The Morgan fingerprint density at radius 3 is 2.31 bits per heavy atom. The lowest BCUT2D eigenvalue weighted by atomic mass is 9.78. The maximum absolute atomic E-state index is 12.2. The molecule has 4 nitrogen and oxygen atoms in total. The van der Waals surface area contributed by atoms with E-state index in [0.717, 1.165) is 38.2 Å². The van der Waals surface area contributed by atoms with Crippen molar-refractivity contribution >= 4 is 11.8 Å². The van der Waals surface area contributed by atoms with E-state index in [-0.39, 0.29) is 0 Å². The number of carboxylic acid groups (broad SMARTS) is 1. The van der Waals surface area contributed by atoms with Gasteiger partial charge in [-0.3, -0.25) is 9.80 Å². The first-order valence-corrected chi connectivity index (χ1v) is 12.5. The third-order valence-electron chi connectivity index (χ3n) is 8.30. The van der Waals surface area contributed by atoms with Crippen LogP contribution in [0.3, 0.4) is 0 Å². The predicted octanol–water partition coefficient (Wildman–Crippen LogP) is 6.30. The van der Waals surface area contributed by atoms with Gasteiger partial charge in [0.2, 0.25) is 0 Å². The monoisotopic (exact) mass is 432 g/mol. The van der Waals surface area contributed by atoms with Gasteiger partial charge in [0, 0.05) is 26.2 Å². The van der Waals surface area contributed by atoms with E-state index < -0.39 is 6.09 Å². The van der Waals surface area contributed by atoms with Gasteiger partial charge in [0.05, 0.1) is 5.69 Å². The van der Waals surface area contributed by atoms with Crippen molar-refractivity contribution in [1.82, 2.24) is 4.90 Å². The number of nitrogens with zero attached hydrogens (tertiary/aromatic N) is 2. The second-order valence-electron chi connectivity index (χ2n) is 10.3. The molecule has 2 bridgehead atoms. The van der Waals surface area contributed by atoms with Crippen LogP contribution >= 0.6 is 0 Å². The van der Waals surface area contributed by atoms with E-state index in [0.29, 0.717) is 30.2 Å². The van der Waals surface area contributed by atoms with Crippen molar-refractivity contribution in [3.63, 3.8) is 0 Å². The predicted molar refractivity (Wildman–Crippen MR) is 129 cm³/mol. The van der Waals surface area contributed by atoms with Crippen molar-refractivity contribution in [2.75, 3.05) is 24.5 Å². The molecule has 1 heterocycles. The van der Waals surface area contributed by atoms with Crippen LogP contribution in [0.2, 0.25) is 0 Å². The summed E-state index contributed by atoms with van der Waals surface area (Å²) in [5.74, 6) is 2.40. The molecular formula is C28H36N2O2. The van der Waals surface area contributed by atoms with Crippen LogP contribution in [0.1, 0.15) is 61.1 Å². The summed E-state index contributed by atoms with van der Waals surface area (Å²) in [6.45, 7) is 6.12.